The van der Waals surface area contributed by atoms with E-state index in [0.29, 0.717) is 6.61 Å². The number of carbonyl (C=O) groups excluding carboxylic acids is 1. The van der Waals surface area contributed by atoms with Gasteiger partial charge in [-0.3, -0.25) is 4.79 Å². The van der Waals surface area contributed by atoms with Crippen LogP contribution < -0.4 is 0 Å². The second-order valence-corrected chi connectivity index (χ2v) is 4.84. The maximum absolute atomic E-state index is 11.9. The lowest BCUT2D eigenvalue weighted by atomic mass is 9.78. The SMILES string of the molecule is CCCOC1(C(C)=O)CCc2ccccc2C1. The summed E-state index contributed by atoms with van der Waals surface area (Å²) in [6, 6.07) is 8.36. The van der Waals surface area contributed by atoms with Crippen molar-refractivity contribution >= 4 is 5.78 Å². The molecule has 1 aromatic carbocycles. The topological polar surface area (TPSA) is 26.3 Å². The van der Waals surface area contributed by atoms with Crippen LogP contribution in [0.1, 0.15) is 37.8 Å². The van der Waals surface area contributed by atoms with Gasteiger partial charge in [-0.25, -0.2) is 0 Å². The van der Waals surface area contributed by atoms with E-state index in [9.17, 15) is 4.79 Å². The van der Waals surface area contributed by atoms with Gasteiger partial charge >= 0.3 is 0 Å². The average Bonchev–Trinajstić information content (AvgIpc) is 2.36. The van der Waals surface area contributed by atoms with Crippen molar-refractivity contribution in [1.82, 2.24) is 0 Å². The molecule has 0 radical (unpaired) electrons. The maximum atomic E-state index is 11.9. The lowest BCUT2D eigenvalue weighted by molar-refractivity contribution is -0.144. The number of ketones is 1. The molecule has 1 unspecified atom stereocenters. The standard InChI is InChI=1S/C15H20O2/c1-3-10-17-15(12(2)16)9-8-13-6-4-5-7-14(13)11-15/h4-7H,3,8-11H2,1-2H3. The Labute approximate surface area is 103 Å². The first-order valence-electron chi connectivity index (χ1n) is 6.40. The van der Waals surface area contributed by atoms with Gasteiger partial charge in [-0.2, -0.15) is 0 Å². The Bertz CT molecular complexity index is 411. The summed E-state index contributed by atoms with van der Waals surface area (Å²) in [5, 5.41) is 0. The summed E-state index contributed by atoms with van der Waals surface area (Å²) in [6.45, 7) is 4.40. The Morgan fingerprint density at radius 3 is 2.71 bits per heavy atom. The molecule has 1 aliphatic carbocycles. The number of fused-ring (bicyclic) bond motifs is 1. The van der Waals surface area contributed by atoms with Crippen LogP contribution in [0.5, 0.6) is 0 Å². The van der Waals surface area contributed by atoms with Crippen molar-refractivity contribution in [3.8, 4) is 0 Å². The first-order valence-corrected chi connectivity index (χ1v) is 6.40. The molecular weight excluding hydrogens is 212 g/mol. The van der Waals surface area contributed by atoms with Gasteiger partial charge in [-0.05, 0) is 37.3 Å². The summed E-state index contributed by atoms with van der Waals surface area (Å²) in [5.41, 5.74) is 2.07. The van der Waals surface area contributed by atoms with Gasteiger partial charge in [0.25, 0.3) is 0 Å². The number of Topliss-reactive ketones (excluding diaryl/α,β-unsaturated/α-hetero) is 1. The molecule has 0 spiro atoms. The number of hydrogen-bond acceptors (Lipinski definition) is 2. The van der Waals surface area contributed by atoms with Gasteiger partial charge in [-0.1, -0.05) is 31.2 Å². The molecule has 1 aliphatic rings. The quantitative estimate of drug-likeness (QED) is 0.798. The van der Waals surface area contributed by atoms with Crippen LogP contribution in [0.15, 0.2) is 24.3 Å². The highest BCUT2D eigenvalue weighted by Crippen LogP contribution is 2.32. The molecule has 0 aliphatic heterocycles. The Hall–Kier alpha value is -1.15. The average molecular weight is 232 g/mol. The van der Waals surface area contributed by atoms with Gasteiger partial charge in [0.2, 0.25) is 0 Å². The fraction of sp³-hybridized carbons (Fsp3) is 0.533. The molecule has 0 amide bonds. The number of aryl methyl sites for hydroxylation is 1. The maximum Gasteiger partial charge on any atom is 0.161 e. The van der Waals surface area contributed by atoms with Crippen LogP contribution in [0.25, 0.3) is 0 Å². The predicted molar refractivity (Wildman–Crippen MR) is 68.1 cm³/mol. The first kappa shape index (κ1) is 12.3. The largest absolute Gasteiger partial charge is 0.367 e. The smallest absolute Gasteiger partial charge is 0.161 e. The predicted octanol–water partition coefficient (Wildman–Crippen LogP) is 2.93. The Morgan fingerprint density at radius 2 is 2.06 bits per heavy atom. The molecule has 17 heavy (non-hydrogen) atoms. The van der Waals surface area contributed by atoms with Crippen LogP contribution in [0.4, 0.5) is 0 Å². The Balaban J connectivity index is 2.24. The molecule has 1 aromatic rings. The second kappa shape index (κ2) is 5.01. The number of rotatable bonds is 4. The summed E-state index contributed by atoms with van der Waals surface area (Å²) in [4.78, 5) is 11.9. The molecule has 1 atom stereocenters. The highest BCUT2D eigenvalue weighted by atomic mass is 16.5. The van der Waals surface area contributed by atoms with Crippen LogP contribution in [-0.2, 0) is 22.4 Å². The minimum absolute atomic E-state index is 0.167. The molecule has 0 saturated carbocycles. The second-order valence-electron chi connectivity index (χ2n) is 4.84. The lowest BCUT2D eigenvalue weighted by Crippen LogP contribution is -2.45. The fourth-order valence-electron chi connectivity index (χ4n) is 2.53. The van der Waals surface area contributed by atoms with Crippen LogP contribution in [-0.4, -0.2) is 18.0 Å². The van der Waals surface area contributed by atoms with Crippen molar-refractivity contribution < 1.29 is 9.53 Å². The van der Waals surface area contributed by atoms with Crippen LogP contribution in [0, 0.1) is 0 Å². The van der Waals surface area contributed by atoms with E-state index in [2.05, 4.69) is 25.1 Å². The van der Waals surface area contributed by atoms with E-state index in [1.807, 2.05) is 6.07 Å². The monoisotopic (exact) mass is 232 g/mol. The van der Waals surface area contributed by atoms with Crippen molar-refractivity contribution in [3.05, 3.63) is 35.4 Å². The zero-order valence-electron chi connectivity index (χ0n) is 10.7. The van der Waals surface area contributed by atoms with E-state index >= 15 is 0 Å². The van der Waals surface area contributed by atoms with Gasteiger partial charge in [-0.15, -0.1) is 0 Å². The highest BCUT2D eigenvalue weighted by Gasteiger charge is 2.39. The molecule has 2 heteroatoms. The molecule has 92 valence electrons. The number of benzene rings is 1. The molecular formula is C15H20O2. The van der Waals surface area contributed by atoms with E-state index in [-0.39, 0.29) is 5.78 Å². The lowest BCUT2D eigenvalue weighted by Gasteiger charge is -2.36. The third-order valence-corrected chi connectivity index (χ3v) is 3.62. The minimum atomic E-state index is -0.565. The number of ether oxygens (including phenoxy) is 1. The fourth-order valence-corrected chi connectivity index (χ4v) is 2.53. The minimum Gasteiger partial charge on any atom is -0.367 e. The van der Waals surface area contributed by atoms with Crippen molar-refractivity contribution in [2.45, 2.75) is 45.1 Å². The van der Waals surface area contributed by atoms with E-state index in [0.717, 1.165) is 25.7 Å². The molecule has 2 nitrogen and oxygen atoms in total. The van der Waals surface area contributed by atoms with E-state index < -0.39 is 5.60 Å². The zero-order valence-corrected chi connectivity index (χ0v) is 10.7. The number of hydrogen-bond donors (Lipinski definition) is 0. The van der Waals surface area contributed by atoms with Gasteiger partial charge in [0.1, 0.15) is 5.60 Å². The molecule has 0 N–H and O–H groups in total. The molecule has 0 aromatic heterocycles. The summed E-state index contributed by atoms with van der Waals surface area (Å²) < 4.78 is 5.89. The van der Waals surface area contributed by atoms with E-state index in [1.54, 1.807) is 6.92 Å². The third-order valence-electron chi connectivity index (χ3n) is 3.62. The summed E-state index contributed by atoms with van der Waals surface area (Å²) in [5.74, 6) is 0.167. The molecule has 0 heterocycles. The highest BCUT2D eigenvalue weighted by molar-refractivity contribution is 5.85. The molecule has 0 fully saturated rings. The van der Waals surface area contributed by atoms with Gasteiger partial charge in [0, 0.05) is 13.0 Å². The first-order chi connectivity index (χ1) is 8.18. The molecule has 0 saturated heterocycles. The van der Waals surface area contributed by atoms with Crippen molar-refractivity contribution in [1.29, 1.82) is 0 Å². The third kappa shape index (κ3) is 2.42. The molecule has 0 bridgehead atoms. The summed E-state index contributed by atoms with van der Waals surface area (Å²) in [6.07, 6.45) is 3.45. The van der Waals surface area contributed by atoms with Gasteiger partial charge in [0.05, 0.1) is 0 Å². The van der Waals surface area contributed by atoms with Crippen LogP contribution in [0.2, 0.25) is 0 Å². The number of carbonyl (C=O) groups is 1. The van der Waals surface area contributed by atoms with Crippen LogP contribution in [0.3, 0.4) is 0 Å². The van der Waals surface area contributed by atoms with Crippen molar-refractivity contribution in [2.24, 2.45) is 0 Å². The van der Waals surface area contributed by atoms with E-state index in [4.69, 9.17) is 4.74 Å². The summed E-state index contributed by atoms with van der Waals surface area (Å²) in [7, 11) is 0. The van der Waals surface area contributed by atoms with Crippen LogP contribution >= 0.6 is 0 Å². The molecule has 2 rings (SSSR count). The zero-order chi connectivity index (χ0) is 12.3. The van der Waals surface area contributed by atoms with Gasteiger partial charge in [0.15, 0.2) is 5.78 Å². The van der Waals surface area contributed by atoms with Crippen molar-refractivity contribution in [2.75, 3.05) is 6.61 Å². The van der Waals surface area contributed by atoms with Crippen molar-refractivity contribution in [3.63, 3.8) is 0 Å². The van der Waals surface area contributed by atoms with Gasteiger partial charge < -0.3 is 4.74 Å². The summed E-state index contributed by atoms with van der Waals surface area (Å²) >= 11 is 0. The normalized spacial score (nSPS) is 23.2. The Kier molecular flexibility index (Phi) is 3.63. The Morgan fingerprint density at radius 1 is 1.35 bits per heavy atom. The van der Waals surface area contributed by atoms with E-state index in [1.165, 1.54) is 11.1 Å².